The molecule has 0 atom stereocenters. The maximum atomic E-state index is 12.0. The number of esters is 2. The Bertz CT molecular complexity index is 877. The molecule has 4 heteroatoms. The van der Waals surface area contributed by atoms with Crippen molar-refractivity contribution in [3.05, 3.63) is 52.2 Å². The van der Waals surface area contributed by atoms with Crippen LogP contribution < -0.4 is 0 Å². The highest BCUT2D eigenvalue weighted by atomic mass is 16.6. The molecule has 3 rings (SSSR count). The number of para-hydroxylation sites is 1. The summed E-state index contributed by atoms with van der Waals surface area (Å²) in [7, 11) is 1.99. The summed E-state index contributed by atoms with van der Waals surface area (Å²) in [5.74, 6) is -1.14. The summed E-state index contributed by atoms with van der Waals surface area (Å²) in [6.07, 6.45) is 1.77. The van der Waals surface area contributed by atoms with Crippen molar-refractivity contribution in [2.24, 2.45) is 7.05 Å². The summed E-state index contributed by atoms with van der Waals surface area (Å²) < 4.78 is 6.84. The molecule has 112 valence electrons. The molecule has 1 saturated heterocycles. The van der Waals surface area contributed by atoms with Gasteiger partial charge in [0.2, 0.25) is 0 Å². The number of hydrogen-bond acceptors (Lipinski definition) is 3. The van der Waals surface area contributed by atoms with Crippen LogP contribution in [0.5, 0.6) is 0 Å². The zero-order chi connectivity index (χ0) is 16.0. The van der Waals surface area contributed by atoms with Gasteiger partial charge in [-0.25, -0.2) is 9.59 Å². The highest BCUT2D eigenvalue weighted by molar-refractivity contribution is 6.21. The van der Waals surface area contributed by atoms with E-state index < -0.39 is 11.9 Å². The van der Waals surface area contributed by atoms with Crippen molar-refractivity contribution in [2.75, 3.05) is 0 Å². The van der Waals surface area contributed by atoms with Crippen LogP contribution in [0.3, 0.4) is 0 Å². The van der Waals surface area contributed by atoms with Crippen LogP contribution in [0.1, 0.15) is 25.1 Å². The molecule has 22 heavy (non-hydrogen) atoms. The van der Waals surface area contributed by atoms with Gasteiger partial charge in [0.15, 0.2) is 0 Å². The second-order valence-electron chi connectivity index (χ2n) is 5.69. The van der Waals surface area contributed by atoms with Crippen molar-refractivity contribution in [2.45, 2.75) is 20.8 Å². The van der Waals surface area contributed by atoms with Crippen LogP contribution >= 0.6 is 0 Å². The normalized spacial score (nSPS) is 16.7. The van der Waals surface area contributed by atoms with Gasteiger partial charge in [0.1, 0.15) is 0 Å². The molecule has 0 amide bonds. The lowest BCUT2D eigenvalue weighted by atomic mass is 10.00. The molecular formula is C18H17NO3. The zero-order valence-corrected chi connectivity index (χ0v) is 13.1. The maximum Gasteiger partial charge on any atom is 0.346 e. The third-order valence-corrected chi connectivity index (χ3v) is 4.12. The first-order chi connectivity index (χ1) is 10.4. The molecule has 0 aliphatic carbocycles. The van der Waals surface area contributed by atoms with Crippen molar-refractivity contribution < 1.29 is 14.3 Å². The molecular weight excluding hydrogens is 278 g/mol. The Morgan fingerprint density at radius 2 is 1.82 bits per heavy atom. The Hall–Kier alpha value is -2.62. The van der Waals surface area contributed by atoms with Gasteiger partial charge < -0.3 is 9.30 Å². The second kappa shape index (κ2) is 4.98. The average Bonchev–Trinajstić information content (AvgIpc) is 2.89. The van der Waals surface area contributed by atoms with Crippen LogP contribution in [0.4, 0.5) is 0 Å². The topological polar surface area (TPSA) is 48.3 Å². The Labute approximate surface area is 128 Å². The Morgan fingerprint density at radius 1 is 1.14 bits per heavy atom. The molecule has 0 radical (unpaired) electrons. The Kier molecular flexibility index (Phi) is 3.24. The van der Waals surface area contributed by atoms with Crippen LogP contribution in [0.15, 0.2) is 41.0 Å². The predicted molar refractivity (Wildman–Crippen MR) is 85.1 cm³/mol. The fraction of sp³-hybridized carbons (Fsp3) is 0.222. The third-order valence-electron chi connectivity index (χ3n) is 4.12. The number of rotatable bonds is 1. The van der Waals surface area contributed by atoms with Crippen LogP contribution in [-0.2, 0) is 21.4 Å². The van der Waals surface area contributed by atoms with Crippen molar-refractivity contribution in [1.82, 2.24) is 4.57 Å². The van der Waals surface area contributed by atoms with Gasteiger partial charge in [0.05, 0.1) is 11.1 Å². The first-order valence-electron chi connectivity index (χ1n) is 7.12. The lowest BCUT2D eigenvalue weighted by molar-refractivity contribution is -0.149. The summed E-state index contributed by atoms with van der Waals surface area (Å²) in [5, 5.41) is 1.05. The lowest BCUT2D eigenvalue weighted by Crippen LogP contribution is -1.97. The van der Waals surface area contributed by atoms with Gasteiger partial charge in [-0.1, -0.05) is 23.8 Å². The molecule has 0 N–H and O–H groups in total. The van der Waals surface area contributed by atoms with Gasteiger partial charge >= 0.3 is 11.9 Å². The fourth-order valence-electron chi connectivity index (χ4n) is 2.88. The minimum Gasteiger partial charge on any atom is -0.386 e. The Morgan fingerprint density at radius 3 is 2.50 bits per heavy atom. The molecule has 1 aliphatic heterocycles. The smallest absolute Gasteiger partial charge is 0.346 e. The summed E-state index contributed by atoms with van der Waals surface area (Å²) in [6.45, 7) is 5.61. The lowest BCUT2D eigenvalue weighted by Gasteiger charge is -2.00. The predicted octanol–water partition coefficient (Wildman–Crippen LogP) is 3.29. The second-order valence-corrected chi connectivity index (χ2v) is 5.69. The molecule has 0 unspecified atom stereocenters. The van der Waals surface area contributed by atoms with Crippen LogP contribution in [0.2, 0.25) is 0 Å². The molecule has 2 heterocycles. The number of allylic oxidation sites excluding steroid dienone is 1. The zero-order valence-electron chi connectivity index (χ0n) is 13.1. The molecule has 0 saturated carbocycles. The van der Waals surface area contributed by atoms with E-state index in [4.69, 9.17) is 4.74 Å². The molecule has 0 spiro atoms. The van der Waals surface area contributed by atoms with E-state index in [0.717, 1.165) is 27.7 Å². The number of carbonyl (C=O) groups excluding carboxylic acids is 2. The quantitative estimate of drug-likeness (QED) is 0.461. The van der Waals surface area contributed by atoms with E-state index >= 15 is 0 Å². The molecule has 1 fully saturated rings. The number of nitrogens with zero attached hydrogens (tertiary/aromatic N) is 1. The molecule has 1 aromatic carbocycles. The number of ether oxygens (including phenoxy) is 1. The van der Waals surface area contributed by atoms with Crippen LogP contribution in [0.25, 0.3) is 17.0 Å². The largest absolute Gasteiger partial charge is 0.386 e. The molecule has 1 aromatic heterocycles. The standard InChI is InChI=1S/C18H17NO3/c1-10(2)16-14(17(20)22-18(16)21)9-13-11(3)19(4)15-8-6-5-7-12(13)15/h5-9H,1-4H3/b14-9-. The van der Waals surface area contributed by atoms with Gasteiger partial charge in [-0.2, -0.15) is 0 Å². The number of hydrogen-bond donors (Lipinski definition) is 0. The molecule has 1 aliphatic rings. The first kappa shape index (κ1) is 14.3. The van der Waals surface area contributed by atoms with Crippen molar-refractivity contribution >= 4 is 28.9 Å². The summed E-state index contributed by atoms with van der Waals surface area (Å²) in [6, 6.07) is 7.99. The van der Waals surface area contributed by atoms with E-state index in [1.807, 2.05) is 38.2 Å². The van der Waals surface area contributed by atoms with E-state index in [2.05, 4.69) is 4.57 Å². The monoisotopic (exact) mass is 295 g/mol. The molecule has 2 aromatic rings. The van der Waals surface area contributed by atoms with E-state index in [1.165, 1.54) is 0 Å². The van der Waals surface area contributed by atoms with Crippen LogP contribution in [0, 0.1) is 6.92 Å². The SMILES string of the molecule is CC(C)=C1C(=O)OC(=O)/C1=C\c1c(C)n(C)c2ccccc12. The van der Waals surface area contributed by atoms with Gasteiger partial charge in [-0.15, -0.1) is 0 Å². The van der Waals surface area contributed by atoms with Gasteiger partial charge in [0, 0.05) is 29.2 Å². The number of fused-ring (bicyclic) bond motifs is 1. The van der Waals surface area contributed by atoms with Crippen molar-refractivity contribution in [3.63, 3.8) is 0 Å². The highest BCUT2D eigenvalue weighted by Crippen LogP contribution is 2.32. The molecule has 0 bridgehead atoms. The van der Waals surface area contributed by atoms with Crippen molar-refractivity contribution in [3.8, 4) is 0 Å². The Balaban J connectivity index is 2.29. The highest BCUT2D eigenvalue weighted by Gasteiger charge is 2.34. The van der Waals surface area contributed by atoms with Gasteiger partial charge in [-0.3, -0.25) is 0 Å². The minimum absolute atomic E-state index is 0.337. The number of aryl methyl sites for hydroxylation is 1. The van der Waals surface area contributed by atoms with Gasteiger partial charge in [-0.05, 0) is 32.9 Å². The minimum atomic E-state index is -0.575. The van der Waals surface area contributed by atoms with E-state index in [1.54, 1.807) is 19.9 Å². The van der Waals surface area contributed by atoms with Gasteiger partial charge in [0.25, 0.3) is 0 Å². The van der Waals surface area contributed by atoms with Crippen molar-refractivity contribution in [1.29, 1.82) is 0 Å². The third kappa shape index (κ3) is 1.99. The number of aromatic nitrogens is 1. The summed E-state index contributed by atoms with van der Waals surface area (Å²) in [5.41, 5.74) is 4.55. The van der Waals surface area contributed by atoms with E-state index in [0.29, 0.717) is 11.1 Å². The average molecular weight is 295 g/mol. The maximum absolute atomic E-state index is 12.0. The van der Waals surface area contributed by atoms with E-state index in [-0.39, 0.29) is 0 Å². The molecule has 4 nitrogen and oxygen atoms in total. The summed E-state index contributed by atoms with van der Waals surface area (Å²) >= 11 is 0. The first-order valence-corrected chi connectivity index (χ1v) is 7.12. The number of cyclic esters (lactones) is 2. The fourth-order valence-corrected chi connectivity index (χ4v) is 2.88. The number of carbonyl (C=O) groups is 2. The van der Waals surface area contributed by atoms with Crippen LogP contribution in [-0.4, -0.2) is 16.5 Å². The van der Waals surface area contributed by atoms with E-state index in [9.17, 15) is 9.59 Å². The number of benzene rings is 1. The summed E-state index contributed by atoms with van der Waals surface area (Å²) in [4.78, 5) is 23.8.